The third-order valence-electron chi connectivity index (χ3n) is 3.37. The number of nitrogen functional groups attached to an aromatic ring is 1. The fourth-order valence-corrected chi connectivity index (χ4v) is 3.19. The molecule has 1 heterocycles. The van der Waals surface area contributed by atoms with E-state index in [9.17, 15) is 4.39 Å². The smallest absolute Gasteiger partial charge is 0.124 e. The number of anilines is 1. The summed E-state index contributed by atoms with van der Waals surface area (Å²) in [6.45, 7) is 2.12. The first-order valence-corrected chi connectivity index (χ1v) is 7.90. The van der Waals surface area contributed by atoms with Crippen molar-refractivity contribution >= 4 is 39.3 Å². The van der Waals surface area contributed by atoms with Gasteiger partial charge in [0, 0.05) is 15.7 Å². The Balaban J connectivity index is 2.30. The Labute approximate surface area is 136 Å². The zero-order chi connectivity index (χ0) is 15.0. The van der Waals surface area contributed by atoms with E-state index in [0.29, 0.717) is 5.69 Å². The van der Waals surface area contributed by atoms with E-state index in [1.54, 1.807) is 6.07 Å². The summed E-state index contributed by atoms with van der Waals surface area (Å²) in [5.41, 5.74) is 9.37. The van der Waals surface area contributed by atoms with Crippen molar-refractivity contribution < 1.29 is 4.39 Å². The second-order valence-corrected chi connectivity index (χ2v) is 6.12. The molecule has 0 bridgehead atoms. The zero-order valence-corrected chi connectivity index (χ0v) is 13.8. The van der Waals surface area contributed by atoms with E-state index in [1.807, 2.05) is 18.2 Å². The Morgan fingerprint density at radius 3 is 2.76 bits per heavy atom. The van der Waals surface area contributed by atoms with Crippen LogP contribution >= 0.6 is 22.6 Å². The minimum absolute atomic E-state index is 0.228. The normalized spacial score (nSPS) is 11.2. The molecule has 3 nitrogen and oxygen atoms in total. The van der Waals surface area contributed by atoms with Gasteiger partial charge in [-0.3, -0.25) is 4.57 Å². The minimum atomic E-state index is -0.228. The third kappa shape index (κ3) is 2.62. The van der Waals surface area contributed by atoms with Crippen molar-refractivity contribution in [3.8, 4) is 5.69 Å². The van der Waals surface area contributed by atoms with Crippen molar-refractivity contribution in [2.75, 3.05) is 5.73 Å². The summed E-state index contributed by atoms with van der Waals surface area (Å²) >= 11 is 2.16. The van der Waals surface area contributed by atoms with Gasteiger partial charge in [0.2, 0.25) is 0 Å². The zero-order valence-electron chi connectivity index (χ0n) is 11.6. The summed E-state index contributed by atoms with van der Waals surface area (Å²) in [7, 11) is 0. The van der Waals surface area contributed by atoms with Crippen LogP contribution in [0.2, 0.25) is 0 Å². The Morgan fingerprint density at radius 2 is 2.05 bits per heavy atom. The SMILES string of the molecule is CCCc1nc2cc(N)ccc2n1-c1ccc(F)cc1I. The Hall–Kier alpha value is -1.63. The molecule has 0 spiro atoms. The van der Waals surface area contributed by atoms with Gasteiger partial charge in [0.05, 0.1) is 16.7 Å². The number of nitrogens with zero attached hydrogens (tertiary/aromatic N) is 2. The summed E-state index contributed by atoms with van der Waals surface area (Å²) in [6, 6.07) is 10.5. The molecule has 0 aliphatic heterocycles. The monoisotopic (exact) mass is 395 g/mol. The average Bonchev–Trinajstić information content (AvgIpc) is 2.76. The van der Waals surface area contributed by atoms with Gasteiger partial charge in [-0.25, -0.2) is 9.37 Å². The maximum absolute atomic E-state index is 13.4. The first kappa shape index (κ1) is 14.3. The number of halogens is 2. The lowest BCUT2D eigenvalue weighted by Gasteiger charge is -2.11. The van der Waals surface area contributed by atoms with E-state index in [1.165, 1.54) is 12.1 Å². The van der Waals surface area contributed by atoms with Gasteiger partial charge in [0.1, 0.15) is 11.6 Å². The molecule has 0 amide bonds. The van der Waals surface area contributed by atoms with E-state index in [2.05, 4.69) is 39.1 Å². The number of fused-ring (bicyclic) bond motifs is 1. The fourth-order valence-electron chi connectivity index (χ4n) is 2.47. The molecule has 3 rings (SSSR count). The van der Waals surface area contributed by atoms with E-state index in [0.717, 1.165) is 39.0 Å². The minimum Gasteiger partial charge on any atom is -0.399 e. The second kappa shape index (κ2) is 5.63. The predicted molar refractivity (Wildman–Crippen MR) is 92.2 cm³/mol. The fraction of sp³-hybridized carbons (Fsp3) is 0.188. The molecule has 2 aromatic carbocycles. The second-order valence-electron chi connectivity index (χ2n) is 4.96. The van der Waals surface area contributed by atoms with Crippen LogP contribution < -0.4 is 5.73 Å². The number of rotatable bonds is 3. The summed E-state index contributed by atoms with van der Waals surface area (Å²) in [5.74, 6) is 0.747. The molecule has 21 heavy (non-hydrogen) atoms. The maximum atomic E-state index is 13.4. The summed E-state index contributed by atoms with van der Waals surface area (Å²) in [6.07, 6.45) is 1.86. The standard InChI is InChI=1S/C16H15FIN3/c1-2-3-16-20-13-9-11(19)5-7-15(13)21(16)14-6-4-10(17)8-12(14)18/h4-9H,2-3,19H2,1H3. The lowest BCUT2D eigenvalue weighted by molar-refractivity contribution is 0.626. The first-order valence-electron chi connectivity index (χ1n) is 6.82. The molecule has 0 atom stereocenters. The Kier molecular flexibility index (Phi) is 3.84. The highest BCUT2D eigenvalue weighted by molar-refractivity contribution is 14.1. The molecule has 1 aromatic heterocycles. The average molecular weight is 395 g/mol. The highest BCUT2D eigenvalue weighted by atomic mass is 127. The van der Waals surface area contributed by atoms with Crippen LogP contribution in [0.4, 0.5) is 10.1 Å². The van der Waals surface area contributed by atoms with Crippen LogP contribution in [0.3, 0.4) is 0 Å². The number of aromatic nitrogens is 2. The molecule has 0 saturated carbocycles. The van der Waals surface area contributed by atoms with Crippen molar-refractivity contribution in [3.63, 3.8) is 0 Å². The highest BCUT2D eigenvalue weighted by Crippen LogP contribution is 2.27. The largest absolute Gasteiger partial charge is 0.399 e. The molecule has 0 unspecified atom stereocenters. The number of benzene rings is 2. The van der Waals surface area contributed by atoms with Crippen molar-refractivity contribution in [1.82, 2.24) is 9.55 Å². The number of aryl methyl sites for hydroxylation is 1. The molecule has 3 aromatic rings. The molecule has 2 N–H and O–H groups in total. The van der Waals surface area contributed by atoms with E-state index < -0.39 is 0 Å². The molecule has 0 fully saturated rings. The molecular formula is C16H15FIN3. The van der Waals surface area contributed by atoms with Crippen LogP contribution in [-0.4, -0.2) is 9.55 Å². The molecule has 5 heteroatoms. The summed E-state index contributed by atoms with van der Waals surface area (Å²) in [4.78, 5) is 4.69. The van der Waals surface area contributed by atoms with Gasteiger partial charge in [-0.1, -0.05) is 6.92 Å². The lowest BCUT2D eigenvalue weighted by atomic mass is 10.2. The summed E-state index contributed by atoms with van der Waals surface area (Å²) < 4.78 is 16.3. The highest BCUT2D eigenvalue weighted by Gasteiger charge is 2.14. The number of imidazole rings is 1. The summed E-state index contributed by atoms with van der Waals surface area (Å²) in [5, 5.41) is 0. The molecule has 108 valence electrons. The van der Waals surface area contributed by atoms with E-state index in [-0.39, 0.29) is 5.82 Å². The van der Waals surface area contributed by atoms with Crippen LogP contribution in [-0.2, 0) is 6.42 Å². The lowest BCUT2D eigenvalue weighted by Crippen LogP contribution is -2.03. The Morgan fingerprint density at radius 1 is 1.24 bits per heavy atom. The van der Waals surface area contributed by atoms with Crippen LogP contribution in [0.25, 0.3) is 16.7 Å². The molecule has 0 saturated heterocycles. The maximum Gasteiger partial charge on any atom is 0.124 e. The topological polar surface area (TPSA) is 43.8 Å². The van der Waals surface area contributed by atoms with Crippen molar-refractivity contribution in [3.05, 3.63) is 51.6 Å². The van der Waals surface area contributed by atoms with Gasteiger partial charge in [-0.2, -0.15) is 0 Å². The van der Waals surface area contributed by atoms with Gasteiger partial charge in [-0.05, 0) is 65.4 Å². The number of nitrogens with two attached hydrogens (primary N) is 1. The van der Waals surface area contributed by atoms with Crippen LogP contribution in [0.5, 0.6) is 0 Å². The number of hydrogen-bond donors (Lipinski definition) is 1. The van der Waals surface area contributed by atoms with Crippen molar-refractivity contribution in [2.24, 2.45) is 0 Å². The predicted octanol–water partition coefficient (Wildman–Crippen LogP) is 4.30. The quantitative estimate of drug-likeness (QED) is 0.531. The Bertz CT molecular complexity index is 811. The molecule has 0 radical (unpaired) electrons. The van der Waals surface area contributed by atoms with Crippen LogP contribution in [0, 0.1) is 9.39 Å². The van der Waals surface area contributed by atoms with Crippen LogP contribution in [0.15, 0.2) is 36.4 Å². The van der Waals surface area contributed by atoms with Gasteiger partial charge in [-0.15, -0.1) is 0 Å². The molecule has 0 aliphatic carbocycles. The van der Waals surface area contributed by atoms with E-state index in [4.69, 9.17) is 5.73 Å². The third-order valence-corrected chi connectivity index (χ3v) is 4.24. The van der Waals surface area contributed by atoms with E-state index >= 15 is 0 Å². The van der Waals surface area contributed by atoms with Gasteiger partial charge in [0.15, 0.2) is 0 Å². The molecule has 0 aliphatic rings. The number of hydrogen-bond acceptors (Lipinski definition) is 2. The van der Waals surface area contributed by atoms with Gasteiger partial charge < -0.3 is 5.73 Å². The molecular weight excluding hydrogens is 380 g/mol. The van der Waals surface area contributed by atoms with Crippen molar-refractivity contribution in [2.45, 2.75) is 19.8 Å². The van der Waals surface area contributed by atoms with Gasteiger partial charge in [0.25, 0.3) is 0 Å². The van der Waals surface area contributed by atoms with Gasteiger partial charge >= 0.3 is 0 Å². The first-order chi connectivity index (χ1) is 10.1. The van der Waals surface area contributed by atoms with Crippen LogP contribution in [0.1, 0.15) is 19.2 Å². The van der Waals surface area contributed by atoms with Crippen molar-refractivity contribution in [1.29, 1.82) is 0 Å².